The van der Waals surface area contributed by atoms with Gasteiger partial charge in [0.2, 0.25) is 5.54 Å². The van der Waals surface area contributed by atoms with E-state index in [-0.39, 0.29) is 43.7 Å². The highest BCUT2D eigenvalue weighted by atomic mass is 16.5. The molecule has 4 heterocycles. The Hall–Kier alpha value is -6.36. The summed E-state index contributed by atoms with van der Waals surface area (Å²) in [6.07, 6.45) is 0. The molecule has 1 unspecified atom stereocenters. The number of benzene rings is 3. The van der Waals surface area contributed by atoms with Gasteiger partial charge in [-0.3, -0.25) is 29.8 Å². The zero-order valence-electron chi connectivity index (χ0n) is 24.8. The number of amides is 8. The van der Waals surface area contributed by atoms with Crippen LogP contribution in [0.1, 0.15) is 43.0 Å². The lowest BCUT2D eigenvalue weighted by molar-refractivity contribution is -0.125. The van der Waals surface area contributed by atoms with Crippen LogP contribution in [0.15, 0.2) is 60.7 Å². The summed E-state index contributed by atoms with van der Waals surface area (Å²) in [6.45, 7) is -0.0613. The molecule has 8 amide bonds. The first-order valence-corrected chi connectivity index (χ1v) is 14.5. The number of carbonyl (C=O) groups is 6. The molecule has 0 aliphatic carbocycles. The highest BCUT2D eigenvalue weighted by molar-refractivity contribution is 6.10. The molecule has 7 rings (SSSR count). The fourth-order valence-electron chi connectivity index (χ4n) is 6.31. The van der Waals surface area contributed by atoms with Gasteiger partial charge in [-0.15, -0.1) is 0 Å². The van der Waals surface area contributed by atoms with Gasteiger partial charge in [0.1, 0.15) is 11.5 Å². The molecular weight excluding hydrogens is 608 g/mol. The summed E-state index contributed by atoms with van der Waals surface area (Å²) in [5.41, 5.74) is -0.412. The zero-order valence-corrected chi connectivity index (χ0v) is 24.8. The Bertz CT molecular complexity index is 2000. The summed E-state index contributed by atoms with van der Waals surface area (Å²) < 4.78 is 5.23. The summed E-state index contributed by atoms with van der Waals surface area (Å²) in [6, 6.07) is 14.3. The Morgan fingerprint density at radius 3 is 2.13 bits per heavy atom. The molecule has 0 saturated carbocycles. The summed E-state index contributed by atoms with van der Waals surface area (Å²) in [5.74, 6) is 4.22. The van der Waals surface area contributed by atoms with Crippen LogP contribution in [0.4, 0.5) is 9.59 Å². The van der Waals surface area contributed by atoms with Gasteiger partial charge in [0, 0.05) is 29.8 Å². The highest BCUT2D eigenvalue weighted by Crippen LogP contribution is 2.33. The summed E-state index contributed by atoms with van der Waals surface area (Å²) in [7, 11) is 1.49. The molecule has 14 nitrogen and oxygen atoms in total. The zero-order chi connectivity index (χ0) is 33.1. The van der Waals surface area contributed by atoms with Gasteiger partial charge in [-0.2, -0.15) is 0 Å². The number of phenolic OH excluding ortho intramolecular Hbond substituents is 1. The molecule has 2 fully saturated rings. The van der Waals surface area contributed by atoms with E-state index < -0.39 is 35.0 Å². The Morgan fingerprint density at radius 2 is 1.45 bits per heavy atom. The van der Waals surface area contributed by atoms with Crippen LogP contribution in [0, 0.1) is 11.8 Å². The van der Waals surface area contributed by atoms with E-state index >= 15 is 0 Å². The molecule has 4 aliphatic heterocycles. The van der Waals surface area contributed by atoms with E-state index in [1.165, 1.54) is 35.1 Å². The number of nitrogens with one attached hydrogen (secondary N) is 4. The van der Waals surface area contributed by atoms with Gasteiger partial charge in [-0.05, 0) is 59.2 Å². The van der Waals surface area contributed by atoms with Gasteiger partial charge < -0.3 is 30.3 Å². The maximum atomic E-state index is 13.2. The van der Waals surface area contributed by atoms with Gasteiger partial charge in [-0.1, -0.05) is 30.0 Å². The lowest BCUT2D eigenvalue weighted by Crippen LogP contribution is -2.54. The second-order valence-corrected chi connectivity index (χ2v) is 11.6. The molecule has 4 aliphatic rings. The number of aromatic hydroxyl groups is 1. The quantitative estimate of drug-likeness (QED) is 0.193. The number of rotatable bonds is 6. The van der Waals surface area contributed by atoms with Crippen molar-refractivity contribution in [2.45, 2.75) is 24.2 Å². The van der Waals surface area contributed by atoms with E-state index in [0.29, 0.717) is 33.6 Å². The van der Waals surface area contributed by atoms with Crippen LogP contribution >= 0.6 is 0 Å². The number of imide groups is 2. The maximum Gasteiger partial charge on any atom is 0.323 e. The molecule has 236 valence electrons. The van der Waals surface area contributed by atoms with Crippen LogP contribution in [-0.2, 0) is 28.2 Å². The summed E-state index contributed by atoms with van der Waals surface area (Å²) in [4.78, 5) is 80.0. The molecule has 2 saturated heterocycles. The Balaban J connectivity index is 1.15. The van der Waals surface area contributed by atoms with Crippen molar-refractivity contribution in [2.75, 3.05) is 20.2 Å². The van der Waals surface area contributed by atoms with Gasteiger partial charge in [0.05, 0.1) is 20.2 Å². The van der Waals surface area contributed by atoms with E-state index in [1.54, 1.807) is 42.5 Å². The standard InChI is InChI=1S/C33H26N6O8/c1-47-23-8-4-19-14-38(27(42)25(19)13-23)16-32(28(43)34-30(45)36-32)11-10-18-2-5-21(6-3-18)33(29(44)35-31(46)37-33)17-39-15-20-12-22(40)7-9-24(20)26(39)41/h2-9,12-13,40H,14-17H2,1H3,(H2,34,36,43,45)(H2,35,37,44,46)/t32-,33?/m1/s1. The van der Waals surface area contributed by atoms with Crippen molar-refractivity contribution in [3.05, 3.63) is 94.0 Å². The number of fused-ring (bicyclic) bond motifs is 2. The van der Waals surface area contributed by atoms with Crippen LogP contribution < -0.4 is 26.0 Å². The molecule has 3 aromatic rings. The number of carbonyl (C=O) groups excluding carboxylic acids is 6. The maximum absolute atomic E-state index is 13.2. The molecule has 3 aromatic carbocycles. The Morgan fingerprint density at radius 1 is 0.766 bits per heavy atom. The smallest absolute Gasteiger partial charge is 0.323 e. The molecule has 0 bridgehead atoms. The third-order valence-corrected chi connectivity index (χ3v) is 8.70. The highest BCUT2D eigenvalue weighted by Gasteiger charge is 2.51. The largest absolute Gasteiger partial charge is 0.508 e. The van der Waals surface area contributed by atoms with E-state index in [2.05, 4.69) is 33.1 Å². The second-order valence-electron chi connectivity index (χ2n) is 11.6. The van der Waals surface area contributed by atoms with Crippen molar-refractivity contribution >= 4 is 35.7 Å². The predicted octanol–water partition coefficient (Wildman–Crippen LogP) is 0.677. The molecule has 0 spiro atoms. The lowest BCUT2D eigenvalue weighted by Gasteiger charge is -2.31. The Labute approximate surface area is 267 Å². The number of ether oxygens (including phenoxy) is 1. The first-order chi connectivity index (χ1) is 22.5. The van der Waals surface area contributed by atoms with E-state index in [9.17, 15) is 33.9 Å². The van der Waals surface area contributed by atoms with Gasteiger partial charge in [0.15, 0.2) is 5.54 Å². The number of methoxy groups -OCH3 is 1. The van der Waals surface area contributed by atoms with Crippen LogP contribution in [0.25, 0.3) is 0 Å². The molecule has 47 heavy (non-hydrogen) atoms. The average molecular weight is 635 g/mol. The van der Waals surface area contributed by atoms with Crippen molar-refractivity contribution in [3.63, 3.8) is 0 Å². The van der Waals surface area contributed by atoms with Gasteiger partial charge in [0.25, 0.3) is 23.6 Å². The third-order valence-electron chi connectivity index (χ3n) is 8.70. The number of urea groups is 2. The minimum absolute atomic E-state index is 0.00550. The van der Waals surface area contributed by atoms with Crippen molar-refractivity contribution in [3.8, 4) is 23.3 Å². The van der Waals surface area contributed by atoms with Crippen molar-refractivity contribution in [1.82, 2.24) is 31.1 Å². The molecule has 2 atom stereocenters. The number of hydrogen-bond acceptors (Lipinski definition) is 8. The fraction of sp³-hybridized carbons (Fsp3) is 0.212. The molecule has 14 heteroatoms. The normalized spacial score (nSPS) is 22.7. The Kier molecular flexibility index (Phi) is 6.64. The summed E-state index contributed by atoms with van der Waals surface area (Å²) >= 11 is 0. The molecule has 5 N–H and O–H groups in total. The summed E-state index contributed by atoms with van der Waals surface area (Å²) in [5, 5.41) is 19.5. The lowest BCUT2D eigenvalue weighted by atomic mass is 9.88. The minimum atomic E-state index is -1.74. The monoisotopic (exact) mass is 634 g/mol. The van der Waals surface area contributed by atoms with Crippen LogP contribution in [0.5, 0.6) is 11.5 Å². The van der Waals surface area contributed by atoms with E-state index in [0.717, 1.165) is 5.56 Å². The number of hydrogen-bond donors (Lipinski definition) is 5. The van der Waals surface area contributed by atoms with Crippen LogP contribution in [0.2, 0.25) is 0 Å². The average Bonchev–Trinajstić information content (AvgIpc) is 3.72. The first-order valence-electron chi connectivity index (χ1n) is 14.5. The van der Waals surface area contributed by atoms with Crippen LogP contribution in [0.3, 0.4) is 0 Å². The number of phenols is 1. The van der Waals surface area contributed by atoms with Crippen molar-refractivity contribution in [2.24, 2.45) is 0 Å². The van der Waals surface area contributed by atoms with E-state index in [1.807, 2.05) is 0 Å². The van der Waals surface area contributed by atoms with Crippen molar-refractivity contribution in [1.29, 1.82) is 0 Å². The minimum Gasteiger partial charge on any atom is -0.508 e. The number of nitrogens with zero attached hydrogens (tertiary/aromatic N) is 2. The SMILES string of the molecule is COc1ccc2c(c1)C(=O)N(C[C@@]1(C#Cc3ccc(C4(CN5Cc6cc(O)ccc6C5=O)NC(=O)NC4=O)cc3)NC(=O)NC1=O)C2. The van der Waals surface area contributed by atoms with Gasteiger partial charge >= 0.3 is 12.1 Å². The fourth-order valence-corrected chi connectivity index (χ4v) is 6.31. The second kappa shape index (κ2) is 10.6. The molecule has 0 aromatic heterocycles. The van der Waals surface area contributed by atoms with Crippen LogP contribution in [-0.4, -0.2) is 76.3 Å². The third kappa shape index (κ3) is 4.85. The topological polar surface area (TPSA) is 186 Å². The van der Waals surface area contributed by atoms with E-state index in [4.69, 9.17) is 4.74 Å². The molecule has 0 radical (unpaired) electrons. The molecular formula is C33H26N6O8. The first kappa shape index (κ1) is 29.4. The van der Waals surface area contributed by atoms with Gasteiger partial charge in [-0.25, -0.2) is 9.59 Å². The van der Waals surface area contributed by atoms with Crippen molar-refractivity contribution < 1.29 is 38.6 Å². The predicted molar refractivity (Wildman–Crippen MR) is 162 cm³/mol.